The van der Waals surface area contributed by atoms with Crippen LogP contribution in [0.4, 0.5) is 0 Å². The Hall–Kier alpha value is -2.97. The molecule has 21 heavy (non-hydrogen) atoms. The summed E-state index contributed by atoms with van der Waals surface area (Å²) in [6, 6.07) is 4.10. The molecule has 114 valence electrons. The second-order valence-electron chi connectivity index (χ2n) is 3.63. The van der Waals surface area contributed by atoms with Gasteiger partial charge in [0, 0.05) is 0 Å². The third-order valence-corrected chi connectivity index (χ3v) is 1.99. The summed E-state index contributed by atoms with van der Waals surface area (Å²) >= 11 is 0. The summed E-state index contributed by atoms with van der Waals surface area (Å²) < 4.78 is 14.8. The van der Waals surface area contributed by atoms with Crippen LogP contribution in [0.5, 0.6) is 17.2 Å². The molecule has 0 atom stereocenters. The van der Waals surface area contributed by atoms with E-state index >= 15 is 0 Å². The van der Waals surface area contributed by atoms with Crippen molar-refractivity contribution < 1.29 is 43.9 Å². The summed E-state index contributed by atoms with van der Waals surface area (Å²) in [6.45, 7) is -2.07. The molecule has 3 N–H and O–H groups in total. The molecule has 1 rings (SSSR count). The highest BCUT2D eigenvalue weighted by Crippen LogP contribution is 2.37. The number of aliphatic carboxylic acids is 3. The highest BCUT2D eigenvalue weighted by atomic mass is 16.6. The van der Waals surface area contributed by atoms with Crippen LogP contribution in [0.1, 0.15) is 0 Å². The van der Waals surface area contributed by atoms with E-state index in [-0.39, 0.29) is 17.2 Å². The normalized spacial score (nSPS) is 9.71. The first-order chi connectivity index (χ1) is 9.90. The van der Waals surface area contributed by atoms with Crippen LogP contribution in [-0.4, -0.2) is 53.0 Å². The minimum atomic E-state index is -1.27. The summed E-state index contributed by atoms with van der Waals surface area (Å²) in [5, 5.41) is 25.7. The van der Waals surface area contributed by atoms with Crippen LogP contribution in [0.15, 0.2) is 18.2 Å². The van der Waals surface area contributed by atoms with Crippen molar-refractivity contribution in [3.05, 3.63) is 18.2 Å². The molecule has 0 aliphatic rings. The summed E-state index contributed by atoms with van der Waals surface area (Å²) in [6.07, 6.45) is 0. The van der Waals surface area contributed by atoms with Crippen molar-refractivity contribution in [1.29, 1.82) is 0 Å². The monoisotopic (exact) mass is 300 g/mol. The highest BCUT2D eigenvalue weighted by Gasteiger charge is 2.16. The van der Waals surface area contributed by atoms with Crippen molar-refractivity contribution in [3.63, 3.8) is 0 Å². The molecule has 0 saturated heterocycles. The zero-order valence-electron chi connectivity index (χ0n) is 10.6. The van der Waals surface area contributed by atoms with Gasteiger partial charge in [0.05, 0.1) is 0 Å². The number of hydrogen-bond acceptors (Lipinski definition) is 6. The molecule has 0 aliphatic heterocycles. The van der Waals surface area contributed by atoms with Crippen LogP contribution >= 0.6 is 0 Å². The average molecular weight is 300 g/mol. The Labute approximate surface area is 118 Å². The van der Waals surface area contributed by atoms with Gasteiger partial charge in [0.1, 0.15) is 0 Å². The number of para-hydroxylation sites is 1. The maximum Gasteiger partial charge on any atom is 0.341 e. The Kier molecular flexibility index (Phi) is 5.80. The Morgan fingerprint density at radius 2 is 1.14 bits per heavy atom. The van der Waals surface area contributed by atoms with E-state index in [4.69, 9.17) is 29.5 Å². The average Bonchev–Trinajstić information content (AvgIpc) is 2.40. The molecular weight excluding hydrogens is 288 g/mol. The SMILES string of the molecule is O=C(O)COc1cccc(OCC(=O)O)c1OCC(=O)O. The van der Waals surface area contributed by atoms with Crippen molar-refractivity contribution in [2.45, 2.75) is 0 Å². The van der Waals surface area contributed by atoms with Crippen molar-refractivity contribution in [2.24, 2.45) is 0 Å². The molecule has 0 saturated carbocycles. The van der Waals surface area contributed by atoms with Gasteiger partial charge in [-0.2, -0.15) is 0 Å². The molecule has 0 spiro atoms. The quantitative estimate of drug-likeness (QED) is 0.578. The number of rotatable bonds is 9. The second kappa shape index (κ2) is 7.58. The molecule has 0 heterocycles. The maximum atomic E-state index is 10.5. The Bertz CT molecular complexity index is 501. The van der Waals surface area contributed by atoms with Gasteiger partial charge in [0.15, 0.2) is 31.3 Å². The second-order valence-corrected chi connectivity index (χ2v) is 3.63. The van der Waals surface area contributed by atoms with E-state index in [0.717, 1.165) is 0 Å². The van der Waals surface area contributed by atoms with Gasteiger partial charge < -0.3 is 29.5 Å². The number of carbonyl (C=O) groups is 3. The molecule has 9 heteroatoms. The van der Waals surface area contributed by atoms with Crippen molar-refractivity contribution >= 4 is 17.9 Å². The molecule has 1 aromatic carbocycles. The zero-order valence-corrected chi connectivity index (χ0v) is 10.6. The van der Waals surface area contributed by atoms with Crippen LogP contribution in [-0.2, 0) is 14.4 Å². The first kappa shape index (κ1) is 16.1. The minimum Gasteiger partial charge on any atom is -0.479 e. The van der Waals surface area contributed by atoms with E-state index in [0.29, 0.717) is 0 Å². The van der Waals surface area contributed by atoms with Crippen LogP contribution in [0.2, 0.25) is 0 Å². The van der Waals surface area contributed by atoms with Gasteiger partial charge in [0.25, 0.3) is 0 Å². The molecule has 0 aliphatic carbocycles. The van der Waals surface area contributed by atoms with Crippen molar-refractivity contribution in [2.75, 3.05) is 19.8 Å². The van der Waals surface area contributed by atoms with Gasteiger partial charge in [-0.25, -0.2) is 14.4 Å². The first-order valence-corrected chi connectivity index (χ1v) is 5.57. The fraction of sp³-hybridized carbons (Fsp3) is 0.250. The van der Waals surface area contributed by atoms with E-state index in [1.165, 1.54) is 18.2 Å². The lowest BCUT2D eigenvalue weighted by atomic mass is 10.3. The van der Waals surface area contributed by atoms with E-state index in [2.05, 4.69) is 0 Å². The zero-order chi connectivity index (χ0) is 15.8. The van der Waals surface area contributed by atoms with Crippen LogP contribution in [0.25, 0.3) is 0 Å². The molecule has 0 aromatic heterocycles. The number of benzene rings is 1. The molecule has 0 amide bonds. The topological polar surface area (TPSA) is 140 Å². The van der Waals surface area contributed by atoms with E-state index in [9.17, 15) is 14.4 Å². The standard InChI is InChI=1S/C12H12O9/c13-9(14)4-19-7-2-1-3-8(20-5-10(15)16)12(7)21-6-11(17)18/h1-3H,4-6H2,(H,13,14)(H,15,16)(H,17,18). The Balaban J connectivity index is 2.97. The largest absolute Gasteiger partial charge is 0.479 e. The molecule has 0 bridgehead atoms. The number of ether oxygens (including phenoxy) is 3. The number of hydrogen-bond donors (Lipinski definition) is 3. The predicted molar refractivity (Wildman–Crippen MR) is 65.8 cm³/mol. The molecule has 1 aromatic rings. The summed E-state index contributed by atoms with van der Waals surface area (Å²) in [5.41, 5.74) is 0. The lowest BCUT2D eigenvalue weighted by Crippen LogP contribution is -2.15. The fourth-order valence-corrected chi connectivity index (χ4v) is 1.28. The molecule has 0 radical (unpaired) electrons. The highest BCUT2D eigenvalue weighted by molar-refractivity contribution is 5.70. The Morgan fingerprint density at radius 3 is 1.52 bits per heavy atom. The van der Waals surface area contributed by atoms with Gasteiger partial charge in [-0.15, -0.1) is 0 Å². The molecule has 0 unspecified atom stereocenters. The third-order valence-electron chi connectivity index (χ3n) is 1.99. The van der Waals surface area contributed by atoms with E-state index < -0.39 is 37.7 Å². The van der Waals surface area contributed by atoms with Gasteiger partial charge in [-0.05, 0) is 12.1 Å². The number of carboxylic acids is 3. The molecule has 0 fully saturated rings. The van der Waals surface area contributed by atoms with Crippen molar-refractivity contribution in [1.82, 2.24) is 0 Å². The van der Waals surface area contributed by atoms with Gasteiger partial charge >= 0.3 is 17.9 Å². The maximum absolute atomic E-state index is 10.5. The summed E-state index contributed by atoms with van der Waals surface area (Å²) in [7, 11) is 0. The minimum absolute atomic E-state index is 0.0680. The fourth-order valence-electron chi connectivity index (χ4n) is 1.28. The van der Waals surface area contributed by atoms with Gasteiger partial charge in [0.2, 0.25) is 5.75 Å². The smallest absolute Gasteiger partial charge is 0.341 e. The molecular formula is C12H12O9. The van der Waals surface area contributed by atoms with Crippen LogP contribution in [0, 0.1) is 0 Å². The Morgan fingerprint density at radius 1 is 0.762 bits per heavy atom. The van der Waals surface area contributed by atoms with Crippen LogP contribution < -0.4 is 14.2 Å². The van der Waals surface area contributed by atoms with Gasteiger partial charge in [-0.1, -0.05) is 6.07 Å². The van der Waals surface area contributed by atoms with Crippen LogP contribution in [0.3, 0.4) is 0 Å². The summed E-state index contributed by atoms with van der Waals surface area (Å²) in [5.74, 6) is -4.07. The lowest BCUT2D eigenvalue weighted by molar-refractivity contribution is -0.141. The van der Waals surface area contributed by atoms with E-state index in [1.807, 2.05) is 0 Å². The summed E-state index contributed by atoms with van der Waals surface area (Å²) in [4.78, 5) is 31.5. The third kappa shape index (κ3) is 5.68. The molecule has 9 nitrogen and oxygen atoms in total. The van der Waals surface area contributed by atoms with Gasteiger partial charge in [-0.3, -0.25) is 0 Å². The van der Waals surface area contributed by atoms with E-state index in [1.54, 1.807) is 0 Å². The van der Waals surface area contributed by atoms with Crippen molar-refractivity contribution in [3.8, 4) is 17.2 Å². The lowest BCUT2D eigenvalue weighted by Gasteiger charge is -2.14. The first-order valence-electron chi connectivity index (χ1n) is 5.57. The predicted octanol–water partition coefficient (Wildman–Crippen LogP) is 0.0768. The number of carboxylic acid groups (broad SMARTS) is 3.